The first-order chi connectivity index (χ1) is 8.52. The summed E-state index contributed by atoms with van der Waals surface area (Å²) in [4.78, 5) is 4.39. The summed E-state index contributed by atoms with van der Waals surface area (Å²) < 4.78 is 2.06. The second kappa shape index (κ2) is 4.68. The average molecular weight is 246 g/mol. The van der Waals surface area contributed by atoms with Crippen molar-refractivity contribution < 1.29 is 5.21 Å². The molecule has 0 saturated heterocycles. The Balaban J connectivity index is 2.42. The number of rotatable bonds is 3. The topological polar surface area (TPSA) is 76.4 Å². The molecule has 2 aromatic rings. The molecule has 3 N–H and O–H groups in total. The Hall–Kier alpha value is -2.04. The smallest absolute Gasteiger partial charge is 0.141 e. The van der Waals surface area contributed by atoms with Crippen LogP contribution in [0.4, 0.5) is 0 Å². The summed E-state index contributed by atoms with van der Waals surface area (Å²) in [5.74, 6) is 0.230. The van der Waals surface area contributed by atoms with E-state index in [4.69, 9.17) is 10.9 Å². The van der Waals surface area contributed by atoms with E-state index in [-0.39, 0.29) is 11.9 Å². The van der Waals surface area contributed by atoms with Crippen molar-refractivity contribution in [1.29, 1.82) is 0 Å². The van der Waals surface area contributed by atoms with Crippen molar-refractivity contribution in [3.05, 3.63) is 29.6 Å². The van der Waals surface area contributed by atoms with E-state index in [0.717, 1.165) is 11.0 Å². The molecule has 0 radical (unpaired) electrons. The number of aryl methyl sites for hydroxylation is 2. The van der Waals surface area contributed by atoms with Gasteiger partial charge in [-0.1, -0.05) is 5.16 Å². The van der Waals surface area contributed by atoms with Crippen LogP contribution in [-0.2, 0) is 0 Å². The van der Waals surface area contributed by atoms with Gasteiger partial charge in [0.05, 0.1) is 17.4 Å². The molecule has 0 spiro atoms. The van der Waals surface area contributed by atoms with Crippen LogP contribution in [0.15, 0.2) is 23.6 Å². The van der Waals surface area contributed by atoms with Crippen molar-refractivity contribution in [2.75, 3.05) is 0 Å². The number of oxime groups is 1. The number of hydrogen-bond donors (Lipinski definition) is 2. The summed E-state index contributed by atoms with van der Waals surface area (Å²) >= 11 is 0. The first-order valence-electron chi connectivity index (χ1n) is 5.93. The molecule has 0 aliphatic carbocycles. The highest BCUT2D eigenvalue weighted by atomic mass is 16.4. The Morgan fingerprint density at radius 2 is 2.11 bits per heavy atom. The van der Waals surface area contributed by atoms with Crippen LogP contribution in [0, 0.1) is 13.8 Å². The van der Waals surface area contributed by atoms with Crippen LogP contribution in [-0.4, -0.2) is 20.6 Å². The molecule has 1 unspecified atom stereocenters. The van der Waals surface area contributed by atoms with Gasteiger partial charge in [-0.3, -0.25) is 0 Å². The average Bonchev–Trinajstić information content (AvgIpc) is 2.72. The molecule has 0 aliphatic rings. The van der Waals surface area contributed by atoms with E-state index in [1.54, 1.807) is 6.33 Å². The second-order valence-corrected chi connectivity index (χ2v) is 4.72. The lowest BCUT2D eigenvalue weighted by molar-refractivity contribution is 0.315. The molecule has 1 heterocycles. The van der Waals surface area contributed by atoms with Crippen molar-refractivity contribution in [3.8, 4) is 0 Å². The first-order valence-corrected chi connectivity index (χ1v) is 5.93. The molecule has 0 bridgehead atoms. The van der Waals surface area contributed by atoms with Gasteiger partial charge in [0, 0.05) is 12.5 Å². The van der Waals surface area contributed by atoms with Crippen molar-refractivity contribution in [3.63, 3.8) is 0 Å². The van der Waals surface area contributed by atoms with Gasteiger partial charge in [-0.25, -0.2) is 4.98 Å². The lowest BCUT2D eigenvalue weighted by atomic mass is 10.1. The maximum Gasteiger partial charge on any atom is 0.141 e. The van der Waals surface area contributed by atoms with E-state index in [1.807, 2.05) is 6.92 Å². The zero-order chi connectivity index (χ0) is 13.3. The number of fused-ring (bicyclic) bond motifs is 1. The second-order valence-electron chi connectivity index (χ2n) is 4.72. The molecule has 96 valence electrons. The van der Waals surface area contributed by atoms with Gasteiger partial charge >= 0.3 is 0 Å². The van der Waals surface area contributed by atoms with Crippen LogP contribution in [0.5, 0.6) is 0 Å². The molecule has 5 heteroatoms. The Morgan fingerprint density at radius 1 is 1.44 bits per heavy atom. The summed E-state index contributed by atoms with van der Waals surface area (Å²) in [6.45, 7) is 6.18. The molecule has 0 amide bonds. The lowest BCUT2D eigenvalue weighted by Gasteiger charge is -2.14. The third-order valence-electron chi connectivity index (χ3n) is 3.30. The molecule has 2 rings (SSSR count). The van der Waals surface area contributed by atoms with Crippen molar-refractivity contribution in [2.45, 2.75) is 33.2 Å². The van der Waals surface area contributed by atoms with E-state index >= 15 is 0 Å². The number of benzene rings is 1. The third kappa shape index (κ3) is 2.16. The fourth-order valence-electron chi connectivity index (χ4n) is 2.08. The zero-order valence-corrected chi connectivity index (χ0v) is 10.9. The van der Waals surface area contributed by atoms with Crippen LogP contribution >= 0.6 is 0 Å². The lowest BCUT2D eigenvalue weighted by Crippen LogP contribution is -2.17. The predicted octanol–water partition coefficient (Wildman–Crippen LogP) is 2.35. The number of nitrogens with two attached hydrogens (primary N) is 1. The van der Waals surface area contributed by atoms with Crippen molar-refractivity contribution in [1.82, 2.24) is 9.55 Å². The van der Waals surface area contributed by atoms with Gasteiger partial charge in [-0.15, -0.1) is 0 Å². The van der Waals surface area contributed by atoms with Crippen LogP contribution in [0.2, 0.25) is 0 Å². The van der Waals surface area contributed by atoms with Gasteiger partial charge in [0.1, 0.15) is 5.84 Å². The predicted molar refractivity (Wildman–Crippen MR) is 71.9 cm³/mol. The Kier molecular flexibility index (Phi) is 3.23. The van der Waals surface area contributed by atoms with Gasteiger partial charge in [0.25, 0.3) is 0 Å². The third-order valence-corrected chi connectivity index (χ3v) is 3.30. The zero-order valence-electron chi connectivity index (χ0n) is 10.9. The Bertz CT molecular complexity index is 600. The normalized spacial score (nSPS) is 14.1. The highest BCUT2D eigenvalue weighted by Crippen LogP contribution is 2.22. The number of amidine groups is 1. The minimum atomic E-state index is 0.105. The summed E-state index contributed by atoms with van der Waals surface area (Å²) in [5, 5.41) is 11.6. The number of nitrogens with zero attached hydrogens (tertiary/aromatic N) is 3. The largest absolute Gasteiger partial charge is 0.409 e. The van der Waals surface area contributed by atoms with Gasteiger partial charge < -0.3 is 15.5 Å². The van der Waals surface area contributed by atoms with Gasteiger partial charge in [0.15, 0.2) is 0 Å². The van der Waals surface area contributed by atoms with Crippen LogP contribution < -0.4 is 5.73 Å². The Morgan fingerprint density at radius 3 is 2.78 bits per heavy atom. The summed E-state index contributed by atoms with van der Waals surface area (Å²) in [6, 6.07) is 4.31. The Labute approximate surface area is 106 Å². The number of aromatic nitrogens is 2. The van der Waals surface area contributed by atoms with E-state index in [2.05, 4.69) is 40.7 Å². The van der Waals surface area contributed by atoms with Gasteiger partial charge in [0.2, 0.25) is 0 Å². The monoisotopic (exact) mass is 246 g/mol. The fourth-order valence-corrected chi connectivity index (χ4v) is 2.08. The van der Waals surface area contributed by atoms with Gasteiger partial charge in [-0.2, -0.15) is 0 Å². The molecular formula is C13H18N4O. The van der Waals surface area contributed by atoms with Crippen molar-refractivity contribution >= 4 is 16.9 Å². The molecule has 5 nitrogen and oxygen atoms in total. The highest BCUT2D eigenvalue weighted by molar-refractivity contribution is 5.81. The minimum Gasteiger partial charge on any atom is -0.409 e. The number of imidazole rings is 1. The SMILES string of the molecule is Cc1cc2ncn(C(C)CC(N)=NO)c2cc1C. The molecule has 18 heavy (non-hydrogen) atoms. The van der Waals surface area contributed by atoms with Gasteiger partial charge in [-0.05, 0) is 44.0 Å². The molecule has 1 aromatic heterocycles. The minimum absolute atomic E-state index is 0.105. The quantitative estimate of drug-likeness (QED) is 0.378. The van der Waals surface area contributed by atoms with Crippen LogP contribution in [0.1, 0.15) is 30.5 Å². The first kappa shape index (κ1) is 12.4. The summed E-state index contributed by atoms with van der Waals surface area (Å²) in [7, 11) is 0. The van der Waals surface area contributed by atoms with E-state index in [1.165, 1.54) is 11.1 Å². The maximum atomic E-state index is 8.61. The molecule has 1 atom stereocenters. The van der Waals surface area contributed by atoms with E-state index < -0.39 is 0 Å². The van der Waals surface area contributed by atoms with E-state index in [9.17, 15) is 0 Å². The highest BCUT2D eigenvalue weighted by Gasteiger charge is 2.12. The standard InChI is InChI=1S/C13H18N4O/c1-8-4-11-12(5-9(8)2)17(7-15-11)10(3)6-13(14)16-18/h4-5,7,10,18H,6H2,1-3H3,(H2,14,16). The fraction of sp³-hybridized carbons (Fsp3) is 0.385. The molecule has 0 aliphatic heterocycles. The van der Waals surface area contributed by atoms with Crippen molar-refractivity contribution in [2.24, 2.45) is 10.9 Å². The number of hydrogen-bond acceptors (Lipinski definition) is 3. The molecule has 1 aromatic carbocycles. The summed E-state index contributed by atoms with van der Waals surface area (Å²) in [5.41, 5.74) is 10.1. The maximum absolute atomic E-state index is 8.61. The molecule has 0 saturated carbocycles. The summed E-state index contributed by atoms with van der Waals surface area (Å²) in [6.07, 6.45) is 2.30. The van der Waals surface area contributed by atoms with Crippen LogP contribution in [0.25, 0.3) is 11.0 Å². The van der Waals surface area contributed by atoms with Crippen LogP contribution in [0.3, 0.4) is 0 Å². The molecule has 0 fully saturated rings. The molecular weight excluding hydrogens is 228 g/mol. The van der Waals surface area contributed by atoms with E-state index in [0.29, 0.717) is 6.42 Å².